The molecule has 0 spiro atoms. The lowest BCUT2D eigenvalue weighted by Crippen LogP contribution is -2.53. The highest BCUT2D eigenvalue weighted by Gasteiger charge is 2.59. The molecular weight excluding hydrogens is 400 g/mol. The van der Waals surface area contributed by atoms with Gasteiger partial charge in [0.1, 0.15) is 6.29 Å². The minimum atomic E-state index is 0.571. The Balaban J connectivity index is 0.000000605. The molecule has 0 aromatic heterocycles. The van der Waals surface area contributed by atoms with E-state index < -0.39 is 0 Å². The second-order valence-electron chi connectivity index (χ2n) is 12.3. The standard InChI is InChI=1S/C24H40O.2C3H8.C2H6/c1-17(7-6-16-25)20-11-12-21-19-10-9-18-8-4-5-14-23(18,2)22(19)13-15-24(20,21)3;2*1-3-2;1-2/h16-22H,4-15H2,1-3H3;2*3H2,1-2H3;1-2H3/t17-,18?,19?,20-,21?,22?,23+,24-;;;/m1.../s1. The van der Waals surface area contributed by atoms with Crippen LogP contribution in [0.4, 0.5) is 0 Å². The van der Waals surface area contributed by atoms with Gasteiger partial charge in [0.05, 0.1) is 0 Å². The van der Waals surface area contributed by atoms with Gasteiger partial charge in [-0.05, 0) is 104 Å². The van der Waals surface area contributed by atoms with Crippen LogP contribution in [0, 0.1) is 46.3 Å². The van der Waals surface area contributed by atoms with Gasteiger partial charge >= 0.3 is 0 Å². The first kappa shape index (κ1) is 30.7. The number of aldehydes is 1. The Morgan fingerprint density at radius 2 is 1.39 bits per heavy atom. The summed E-state index contributed by atoms with van der Waals surface area (Å²) in [7, 11) is 0. The molecule has 0 aromatic rings. The number of rotatable bonds is 4. The van der Waals surface area contributed by atoms with E-state index in [-0.39, 0.29) is 0 Å². The lowest BCUT2D eigenvalue weighted by atomic mass is 9.44. The Bertz CT molecular complexity index is 525. The van der Waals surface area contributed by atoms with Crippen molar-refractivity contribution in [2.45, 2.75) is 152 Å². The molecule has 1 nitrogen and oxygen atoms in total. The first-order valence-electron chi connectivity index (χ1n) is 15.3. The molecule has 0 heterocycles. The zero-order valence-electron chi connectivity index (χ0n) is 24.3. The molecule has 4 fully saturated rings. The van der Waals surface area contributed by atoms with Crippen LogP contribution in [0.3, 0.4) is 0 Å². The highest BCUT2D eigenvalue weighted by molar-refractivity contribution is 5.49. The van der Waals surface area contributed by atoms with E-state index in [9.17, 15) is 4.79 Å². The van der Waals surface area contributed by atoms with Crippen molar-refractivity contribution in [3.8, 4) is 0 Å². The molecule has 0 aliphatic heterocycles. The average molecular weight is 463 g/mol. The van der Waals surface area contributed by atoms with E-state index in [4.69, 9.17) is 0 Å². The summed E-state index contributed by atoms with van der Waals surface area (Å²) in [6, 6.07) is 0. The van der Waals surface area contributed by atoms with Gasteiger partial charge in [0.15, 0.2) is 0 Å². The maximum Gasteiger partial charge on any atom is 0.120 e. The zero-order chi connectivity index (χ0) is 25.1. The summed E-state index contributed by atoms with van der Waals surface area (Å²) in [5.74, 6) is 5.66. The van der Waals surface area contributed by atoms with Crippen LogP contribution >= 0.6 is 0 Å². The predicted octanol–water partition coefficient (Wildman–Crippen LogP) is 10.5. The predicted molar refractivity (Wildman–Crippen MR) is 148 cm³/mol. The van der Waals surface area contributed by atoms with Gasteiger partial charge in [-0.3, -0.25) is 0 Å². The number of hydrogen-bond donors (Lipinski definition) is 0. The van der Waals surface area contributed by atoms with E-state index >= 15 is 0 Å². The molecule has 0 N–H and O–H groups in total. The second-order valence-corrected chi connectivity index (χ2v) is 12.3. The highest BCUT2D eigenvalue weighted by atomic mass is 16.1. The van der Waals surface area contributed by atoms with Crippen LogP contribution in [0.25, 0.3) is 0 Å². The highest BCUT2D eigenvalue weighted by Crippen LogP contribution is 2.68. The van der Waals surface area contributed by atoms with Crippen LogP contribution in [-0.4, -0.2) is 6.29 Å². The molecular formula is C32H62O. The van der Waals surface area contributed by atoms with Crippen molar-refractivity contribution in [1.29, 1.82) is 0 Å². The maximum atomic E-state index is 10.8. The Hall–Kier alpha value is -0.330. The Labute approximate surface area is 209 Å². The molecule has 1 heteroatoms. The molecule has 0 aromatic carbocycles. The van der Waals surface area contributed by atoms with Crippen LogP contribution in [0.2, 0.25) is 0 Å². The SMILES string of the molecule is CC.CCC.CCC.C[C@H](CCC=O)[C@H]1CCC2C3CCC4CCCC[C@]4(C)C3CC[C@@]21C. The molecule has 8 atom stereocenters. The molecule has 0 amide bonds. The molecule has 4 rings (SSSR count). The zero-order valence-corrected chi connectivity index (χ0v) is 24.3. The Kier molecular flexibility index (Phi) is 13.9. The minimum Gasteiger partial charge on any atom is -0.303 e. The fourth-order valence-corrected chi connectivity index (χ4v) is 8.80. The Morgan fingerprint density at radius 1 is 0.788 bits per heavy atom. The van der Waals surface area contributed by atoms with Gasteiger partial charge in [-0.15, -0.1) is 0 Å². The van der Waals surface area contributed by atoms with Crippen molar-refractivity contribution in [2.75, 3.05) is 0 Å². The quantitative estimate of drug-likeness (QED) is 0.380. The van der Waals surface area contributed by atoms with Crippen LogP contribution in [0.5, 0.6) is 0 Å². The van der Waals surface area contributed by atoms with Gasteiger partial charge in [-0.1, -0.05) is 88.0 Å². The third-order valence-corrected chi connectivity index (χ3v) is 10.1. The topological polar surface area (TPSA) is 17.1 Å². The van der Waals surface area contributed by atoms with E-state index in [1.165, 1.54) is 77.0 Å². The van der Waals surface area contributed by atoms with Crippen molar-refractivity contribution in [1.82, 2.24) is 0 Å². The summed E-state index contributed by atoms with van der Waals surface area (Å²) in [6.45, 7) is 20.3. The smallest absolute Gasteiger partial charge is 0.120 e. The van der Waals surface area contributed by atoms with Crippen LogP contribution in [0.15, 0.2) is 0 Å². The van der Waals surface area contributed by atoms with Crippen LogP contribution in [-0.2, 0) is 4.79 Å². The molecule has 0 saturated heterocycles. The third-order valence-electron chi connectivity index (χ3n) is 10.1. The van der Waals surface area contributed by atoms with E-state index in [0.29, 0.717) is 10.8 Å². The summed E-state index contributed by atoms with van der Waals surface area (Å²) in [4.78, 5) is 10.8. The number of hydrogen-bond acceptors (Lipinski definition) is 1. The number of carbonyl (C=O) groups excluding carboxylic acids is 1. The molecule has 4 unspecified atom stereocenters. The molecule has 33 heavy (non-hydrogen) atoms. The molecule has 0 bridgehead atoms. The van der Waals surface area contributed by atoms with E-state index in [1.54, 1.807) is 0 Å². The Morgan fingerprint density at radius 3 is 2.00 bits per heavy atom. The fraction of sp³-hybridized carbons (Fsp3) is 0.969. The van der Waals surface area contributed by atoms with Gasteiger partial charge in [0.25, 0.3) is 0 Å². The number of fused-ring (bicyclic) bond motifs is 5. The molecule has 0 radical (unpaired) electrons. The summed E-state index contributed by atoms with van der Waals surface area (Å²) in [5.41, 5.74) is 1.24. The third kappa shape index (κ3) is 6.88. The monoisotopic (exact) mass is 462 g/mol. The van der Waals surface area contributed by atoms with E-state index in [2.05, 4.69) is 48.5 Å². The van der Waals surface area contributed by atoms with Gasteiger partial charge in [-0.2, -0.15) is 0 Å². The lowest BCUT2D eigenvalue weighted by molar-refractivity contribution is -0.115. The molecule has 196 valence electrons. The largest absolute Gasteiger partial charge is 0.303 e. The summed E-state index contributed by atoms with van der Waals surface area (Å²) < 4.78 is 0. The van der Waals surface area contributed by atoms with Crippen molar-refractivity contribution in [3.63, 3.8) is 0 Å². The van der Waals surface area contributed by atoms with Crippen molar-refractivity contribution in [3.05, 3.63) is 0 Å². The van der Waals surface area contributed by atoms with Crippen molar-refractivity contribution in [2.24, 2.45) is 46.3 Å². The first-order chi connectivity index (χ1) is 15.8. The van der Waals surface area contributed by atoms with Gasteiger partial charge in [0, 0.05) is 6.42 Å². The van der Waals surface area contributed by atoms with Gasteiger partial charge < -0.3 is 4.79 Å². The molecule has 4 aliphatic carbocycles. The minimum absolute atomic E-state index is 0.571. The summed E-state index contributed by atoms with van der Waals surface area (Å²) >= 11 is 0. The maximum absolute atomic E-state index is 10.8. The van der Waals surface area contributed by atoms with Gasteiger partial charge in [-0.25, -0.2) is 0 Å². The average Bonchev–Trinajstić information content (AvgIpc) is 3.17. The van der Waals surface area contributed by atoms with Gasteiger partial charge in [0.2, 0.25) is 0 Å². The molecule has 4 aliphatic rings. The van der Waals surface area contributed by atoms with Crippen LogP contribution in [0.1, 0.15) is 152 Å². The van der Waals surface area contributed by atoms with Crippen molar-refractivity contribution >= 4 is 6.29 Å². The first-order valence-corrected chi connectivity index (χ1v) is 15.3. The number of carbonyl (C=O) groups is 1. The summed E-state index contributed by atoms with van der Waals surface area (Å²) in [6.07, 6.45) is 20.5. The van der Waals surface area contributed by atoms with E-state index in [0.717, 1.165) is 54.6 Å². The fourth-order valence-electron chi connectivity index (χ4n) is 8.80. The second kappa shape index (κ2) is 14.9. The van der Waals surface area contributed by atoms with Crippen LogP contribution < -0.4 is 0 Å². The van der Waals surface area contributed by atoms with Crippen molar-refractivity contribution < 1.29 is 4.79 Å². The molecule has 4 saturated carbocycles. The normalized spacial score (nSPS) is 39.5. The summed E-state index contributed by atoms with van der Waals surface area (Å²) in [5, 5.41) is 0. The van der Waals surface area contributed by atoms with E-state index in [1.807, 2.05) is 13.8 Å². The lowest BCUT2D eigenvalue weighted by Gasteiger charge is -2.61.